The molecule has 4 atom stereocenters. The van der Waals surface area contributed by atoms with Gasteiger partial charge in [-0.3, -0.25) is 4.79 Å². The fourth-order valence-corrected chi connectivity index (χ4v) is 7.04. The fraction of sp³-hybridized carbons (Fsp3) is 0.889. The Kier molecular flexibility index (Phi) is 9.65. The number of carbonyl (C=O) groups is 1. The summed E-state index contributed by atoms with van der Waals surface area (Å²) in [7, 11) is -6.51. The molecule has 0 aromatic carbocycles. The molecule has 38 heavy (non-hydrogen) atoms. The Labute approximate surface area is 235 Å². The number of rotatable bonds is 9. The highest BCUT2D eigenvalue weighted by Crippen LogP contribution is 2.46. The zero-order chi connectivity index (χ0) is 29.7. The lowest BCUT2D eigenvalue weighted by atomic mass is 10.1. The van der Waals surface area contributed by atoms with Gasteiger partial charge in [-0.2, -0.15) is 0 Å². The molecule has 0 radical (unpaired) electrons. The third-order valence-electron chi connectivity index (χ3n) is 9.26. The summed E-state index contributed by atoms with van der Waals surface area (Å²) in [4.78, 5) is 16.3. The fourth-order valence-electron chi connectivity index (χ4n) is 3.42. The van der Waals surface area contributed by atoms with Gasteiger partial charge in [-0.1, -0.05) is 62.3 Å². The second-order valence-corrected chi connectivity index (χ2v) is 29.7. The topological polar surface area (TPSA) is 84.7 Å². The van der Waals surface area contributed by atoms with E-state index in [-0.39, 0.29) is 38.9 Å². The van der Waals surface area contributed by atoms with Crippen LogP contribution >= 0.6 is 0 Å². The van der Waals surface area contributed by atoms with Crippen LogP contribution in [0.4, 0.5) is 0 Å². The number of nitrogens with zero attached hydrogens (tertiary/aromatic N) is 3. The molecule has 0 amide bonds. The molecule has 1 fully saturated rings. The van der Waals surface area contributed by atoms with Crippen molar-refractivity contribution < 1.29 is 22.8 Å². The van der Waals surface area contributed by atoms with Gasteiger partial charge < -0.3 is 18.0 Å². The normalized spacial score (nSPS) is 24.2. The van der Waals surface area contributed by atoms with Crippen LogP contribution in [0.15, 0.2) is 6.33 Å². The Balaban J connectivity index is 2.60. The molecule has 1 aromatic rings. The number of ketones is 1. The monoisotopic (exact) mass is 585 g/mol. The van der Waals surface area contributed by atoms with Crippen LogP contribution in [0.2, 0.25) is 54.4 Å². The summed E-state index contributed by atoms with van der Waals surface area (Å²) in [5.41, 5.74) is 0. The van der Waals surface area contributed by atoms with Crippen molar-refractivity contribution in [2.45, 2.75) is 148 Å². The van der Waals surface area contributed by atoms with E-state index in [1.165, 1.54) is 6.92 Å². The number of hydrogen-bond acceptors (Lipinski definition) is 7. The van der Waals surface area contributed by atoms with Crippen LogP contribution in [-0.2, 0) is 18.0 Å². The first-order chi connectivity index (χ1) is 16.8. The third-order valence-corrected chi connectivity index (χ3v) is 22.7. The molecule has 0 N–H and O–H groups in total. The molecule has 220 valence electrons. The highest BCUT2D eigenvalue weighted by Gasteiger charge is 2.55. The van der Waals surface area contributed by atoms with Crippen molar-refractivity contribution >= 4 is 30.7 Å². The van der Waals surface area contributed by atoms with Crippen LogP contribution in [0.1, 0.15) is 86.1 Å². The molecule has 8 nitrogen and oxygen atoms in total. The minimum absolute atomic E-state index is 0.00645. The molecule has 1 unspecified atom stereocenters. The Bertz CT molecular complexity index is 974. The molecule has 0 aliphatic carbocycles. The zero-order valence-electron chi connectivity index (χ0n) is 27.0. The number of Topliss-reactive ketones (excluding diaryl/α,β-unsaturated/α-hetero) is 1. The predicted octanol–water partition coefficient (Wildman–Crippen LogP) is 7.18. The summed E-state index contributed by atoms with van der Waals surface area (Å²) < 4.78 is 29.3. The average molecular weight is 586 g/mol. The van der Waals surface area contributed by atoms with Crippen LogP contribution < -0.4 is 0 Å². The van der Waals surface area contributed by atoms with Crippen molar-refractivity contribution in [1.82, 2.24) is 14.8 Å². The zero-order valence-corrected chi connectivity index (χ0v) is 30.0. The van der Waals surface area contributed by atoms with E-state index in [9.17, 15) is 4.79 Å². The SMILES string of the molecule is CC(=O)c1ncn([C@@H]2O[C@H](CO[Si](C)(C)C(C)(C)C)C(O[Si](C)(C)C(C)(C)C)[C@@H]2O[Si](C)(C)C(C)(C)C)n1. The van der Waals surface area contributed by atoms with Crippen LogP contribution in [0.25, 0.3) is 0 Å². The average Bonchev–Trinajstić information content (AvgIpc) is 3.29. The summed E-state index contributed by atoms with van der Waals surface area (Å²) in [6.07, 6.45) is -0.107. The van der Waals surface area contributed by atoms with Crippen molar-refractivity contribution in [3.05, 3.63) is 12.2 Å². The largest absolute Gasteiger partial charge is 0.414 e. The molecular weight excluding hydrogens is 531 g/mol. The van der Waals surface area contributed by atoms with Gasteiger partial charge >= 0.3 is 0 Å². The molecule has 1 aromatic heterocycles. The van der Waals surface area contributed by atoms with E-state index >= 15 is 0 Å². The van der Waals surface area contributed by atoms with Gasteiger partial charge in [0.25, 0.3) is 0 Å². The number of ether oxygens (including phenoxy) is 1. The lowest BCUT2D eigenvalue weighted by Crippen LogP contribution is -2.54. The summed E-state index contributed by atoms with van der Waals surface area (Å²) in [6, 6.07) is 0. The first kappa shape index (κ1) is 33.5. The Morgan fingerprint density at radius 1 is 0.842 bits per heavy atom. The Morgan fingerprint density at radius 3 is 1.68 bits per heavy atom. The van der Waals surface area contributed by atoms with Gasteiger partial charge in [0.1, 0.15) is 24.6 Å². The standard InChI is InChI=1S/C27H55N3O5Si3/c1-19(31)23-28-18-30(29-23)24-22(35-38(15,16)27(8,9)10)21(34-37(13,14)26(5,6)7)20(33-24)17-32-36(11,12)25(2,3)4/h18,20-22,24H,17H2,1-16H3/t20-,21?,22+,24-/m1/s1. The Morgan fingerprint density at radius 2 is 1.29 bits per heavy atom. The summed E-state index contributed by atoms with van der Waals surface area (Å²) in [5.74, 6) is -0.0157. The van der Waals surface area contributed by atoms with Gasteiger partial charge in [0, 0.05) is 6.92 Å². The quantitative estimate of drug-likeness (QED) is 0.224. The van der Waals surface area contributed by atoms with Gasteiger partial charge in [0.2, 0.25) is 5.82 Å². The van der Waals surface area contributed by atoms with E-state index < -0.39 is 37.3 Å². The number of hydrogen-bond donors (Lipinski definition) is 0. The lowest BCUT2D eigenvalue weighted by molar-refractivity contribution is -0.0548. The molecule has 1 aliphatic heterocycles. The molecule has 11 heteroatoms. The maximum absolute atomic E-state index is 12.0. The van der Waals surface area contributed by atoms with Crippen molar-refractivity contribution in [1.29, 1.82) is 0 Å². The minimum atomic E-state index is -2.25. The molecule has 2 heterocycles. The third kappa shape index (κ3) is 7.32. The lowest BCUT2D eigenvalue weighted by Gasteiger charge is -2.44. The van der Waals surface area contributed by atoms with E-state index in [1.807, 2.05) is 0 Å². The first-order valence-electron chi connectivity index (χ1n) is 13.9. The van der Waals surface area contributed by atoms with Crippen molar-refractivity contribution in [3.8, 4) is 0 Å². The predicted molar refractivity (Wildman–Crippen MR) is 161 cm³/mol. The molecule has 2 rings (SSSR count). The molecule has 1 aliphatic rings. The van der Waals surface area contributed by atoms with Crippen molar-refractivity contribution in [2.24, 2.45) is 0 Å². The van der Waals surface area contributed by atoms with E-state index in [0.717, 1.165) is 0 Å². The highest BCUT2D eigenvalue weighted by atomic mass is 28.4. The van der Waals surface area contributed by atoms with E-state index in [2.05, 4.69) is 112 Å². The molecule has 0 bridgehead atoms. The number of aromatic nitrogens is 3. The summed E-state index contributed by atoms with van der Waals surface area (Å²) in [6.45, 7) is 35.6. The van der Waals surface area contributed by atoms with Crippen LogP contribution in [0, 0.1) is 0 Å². The second-order valence-electron chi connectivity index (χ2n) is 15.4. The van der Waals surface area contributed by atoms with Gasteiger partial charge in [0.15, 0.2) is 37.0 Å². The second kappa shape index (κ2) is 10.9. The van der Waals surface area contributed by atoms with Crippen LogP contribution in [-0.4, -0.2) is 70.4 Å². The maximum Gasteiger partial charge on any atom is 0.217 e. The molecule has 0 saturated carbocycles. The van der Waals surface area contributed by atoms with Crippen LogP contribution in [0.3, 0.4) is 0 Å². The molecule has 1 saturated heterocycles. The molecular formula is C27H55N3O5Si3. The highest BCUT2D eigenvalue weighted by molar-refractivity contribution is 6.75. The van der Waals surface area contributed by atoms with Gasteiger partial charge in [0.05, 0.1) is 6.61 Å². The Hall–Kier alpha value is -0.699. The van der Waals surface area contributed by atoms with E-state index in [1.54, 1.807) is 11.0 Å². The smallest absolute Gasteiger partial charge is 0.217 e. The van der Waals surface area contributed by atoms with Gasteiger partial charge in [-0.15, -0.1) is 5.10 Å². The minimum Gasteiger partial charge on any atom is -0.414 e. The van der Waals surface area contributed by atoms with Crippen LogP contribution in [0.5, 0.6) is 0 Å². The van der Waals surface area contributed by atoms with Gasteiger partial charge in [-0.25, -0.2) is 9.67 Å². The summed E-state index contributed by atoms with van der Waals surface area (Å²) in [5, 5.41) is 4.55. The van der Waals surface area contributed by atoms with E-state index in [0.29, 0.717) is 6.61 Å². The van der Waals surface area contributed by atoms with E-state index in [4.69, 9.17) is 18.0 Å². The summed E-state index contributed by atoms with van der Waals surface area (Å²) >= 11 is 0. The first-order valence-corrected chi connectivity index (χ1v) is 22.6. The molecule has 0 spiro atoms. The van der Waals surface area contributed by atoms with Crippen molar-refractivity contribution in [3.63, 3.8) is 0 Å². The number of carbonyl (C=O) groups excluding carboxylic acids is 1. The van der Waals surface area contributed by atoms with Crippen molar-refractivity contribution in [2.75, 3.05) is 6.61 Å². The maximum atomic E-state index is 12.0. The van der Waals surface area contributed by atoms with Gasteiger partial charge in [-0.05, 0) is 54.4 Å².